The summed E-state index contributed by atoms with van der Waals surface area (Å²) >= 11 is 0. The lowest BCUT2D eigenvalue weighted by Crippen LogP contribution is -2.48. The number of anilines is 1. The molecule has 0 spiro atoms. The quantitative estimate of drug-likeness (QED) is 0.344. The first-order valence-corrected chi connectivity index (χ1v) is 11.4. The maximum absolute atomic E-state index is 12.4. The zero-order valence-corrected chi connectivity index (χ0v) is 19.8. The standard InChI is InChI=1S/C28H27N3O5/c1-19(33)27(25(34)18-32)31-28(36)23-9-4-20(5-10-23)2-3-21-6-11-24(12-7-21)30-26(35)13-8-22-14-16-29-17-15-22/h4-7,9-12,14-17,19,27,32-33H,8,13,18H2,1H3,(H,30,35)(H,31,36)/t19-,27+/m1/s1. The summed E-state index contributed by atoms with van der Waals surface area (Å²) in [5, 5.41) is 24.0. The molecule has 0 aliphatic rings. The second kappa shape index (κ2) is 13.0. The molecule has 0 bridgehead atoms. The molecule has 4 N–H and O–H groups in total. The highest BCUT2D eigenvalue weighted by molar-refractivity contribution is 5.98. The van der Waals surface area contributed by atoms with E-state index in [0.29, 0.717) is 29.7 Å². The Labute approximate surface area is 209 Å². The average Bonchev–Trinajstić information content (AvgIpc) is 2.90. The number of Topliss-reactive ketones (excluding diaryl/α,β-unsaturated/α-hetero) is 1. The van der Waals surface area contributed by atoms with Crippen molar-refractivity contribution in [1.82, 2.24) is 10.3 Å². The van der Waals surface area contributed by atoms with Crippen molar-refractivity contribution in [3.63, 3.8) is 0 Å². The number of ketones is 1. The van der Waals surface area contributed by atoms with Gasteiger partial charge in [-0.3, -0.25) is 19.4 Å². The number of aromatic nitrogens is 1. The van der Waals surface area contributed by atoms with Crippen LogP contribution in [0.1, 0.15) is 40.4 Å². The lowest BCUT2D eigenvalue weighted by molar-refractivity contribution is -0.126. The van der Waals surface area contributed by atoms with E-state index in [0.717, 1.165) is 11.1 Å². The number of aliphatic hydroxyl groups excluding tert-OH is 2. The lowest BCUT2D eigenvalue weighted by Gasteiger charge is -2.19. The van der Waals surface area contributed by atoms with Gasteiger partial charge in [0, 0.05) is 41.2 Å². The molecule has 0 fully saturated rings. The first-order valence-electron chi connectivity index (χ1n) is 11.4. The van der Waals surface area contributed by atoms with E-state index in [2.05, 4.69) is 27.5 Å². The molecule has 8 heteroatoms. The van der Waals surface area contributed by atoms with Gasteiger partial charge in [-0.05, 0) is 79.6 Å². The number of nitrogens with one attached hydrogen (secondary N) is 2. The Morgan fingerprint density at radius 2 is 1.50 bits per heavy atom. The van der Waals surface area contributed by atoms with E-state index >= 15 is 0 Å². The van der Waals surface area contributed by atoms with Gasteiger partial charge in [-0.25, -0.2) is 0 Å². The summed E-state index contributed by atoms with van der Waals surface area (Å²) in [7, 11) is 0. The number of hydrogen-bond acceptors (Lipinski definition) is 6. The molecule has 1 heterocycles. The fraction of sp³-hybridized carbons (Fsp3) is 0.214. The molecule has 3 rings (SSSR count). The van der Waals surface area contributed by atoms with Crippen LogP contribution in [0.4, 0.5) is 5.69 Å². The molecule has 3 aromatic rings. The summed E-state index contributed by atoms with van der Waals surface area (Å²) in [5.74, 6) is 4.76. The number of nitrogens with zero attached hydrogens (tertiary/aromatic N) is 1. The first-order chi connectivity index (χ1) is 17.4. The van der Waals surface area contributed by atoms with Crippen LogP contribution in [-0.2, 0) is 16.0 Å². The van der Waals surface area contributed by atoms with Crippen LogP contribution in [0.2, 0.25) is 0 Å². The first kappa shape index (κ1) is 26.3. The van der Waals surface area contributed by atoms with Crippen LogP contribution in [0.25, 0.3) is 0 Å². The third-order valence-corrected chi connectivity index (χ3v) is 5.33. The molecular formula is C28H27N3O5. The molecule has 0 saturated heterocycles. The van der Waals surface area contributed by atoms with Crippen LogP contribution < -0.4 is 10.6 Å². The maximum Gasteiger partial charge on any atom is 0.251 e. The van der Waals surface area contributed by atoms with Crippen molar-refractivity contribution in [3.8, 4) is 11.8 Å². The molecule has 0 unspecified atom stereocenters. The van der Waals surface area contributed by atoms with Crippen molar-refractivity contribution in [2.75, 3.05) is 11.9 Å². The summed E-state index contributed by atoms with van der Waals surface area (Å²) < 4.78 is 0. The molecule has 184 valence electrons. The highest BCUT2D eigenvalue weighted by Crippen LogP contribution is 2.11. The summed E-state index contributed by atoms with van der Waals surface area (Å²) in [6, 6.07) is 16.2. The SMILES string of the molecule is C[C@@H](O)[C@H](NC(=O)c1ccc(C#Cc2ccc(NC(=O)CCc3ccncc3)cc2)cc1)C(=O)CO. The Kier molecular flexibility index (Phi) is 9.46. The normalized spacial score (nSPS) is 12.0. The minimum absolute atomic E-state index is 0.0738. The van der Waals surface area contributed by atoms with Gasteiger partial charge in [0.1, 0.15) is 12.6 Å². The third kappa shape index (κ3) is 7.87. The summed E-state index contributed by atoms with van der Waals surface area (Å²) in [4.78, 5) is 40.2. The van der Waals surface area contributed by atoms with E-state index in [9.17, 15) is 19.5 Å². The van der Waals surface area contributed by atoms with Gasteiger partial charge in [0.05, 0.1) is 6.10 Å². The number of aryl methyl sites for hydroxylation is 1. The van der Waals surface area contributed by atoms with E-state index in [4.69, 9.17) is 5.11 Å². The number of aliphatic hydroxyl groups is 2. The van der Waals surface area contributed by atoms with Crippen LogP contribution >= 0.6 is 0 Å². The Morgan fingerprint density at radius 1 is 0.917 bits per heavy atom. The zero-order valence-electron chi connectivity index (χ0n) is 19.8. The smallest absolute Gasteiger partial charge is 0.251 e. The number of benzene rings is 2. The molecule has 2 atom stereocenters. The van der Waals surface area contributed by atoms with Gasteiger partial charge < -0.3 is 20.8 Å². The summed E-state index contributed by atoms with van der Waals surface area (Å²) in [6.07, 6.45) is 3.29. The predicted molar refractivity (Wildman–Crippen MR) is 135 cm³/mol. The van der Waals surface area contributed by atoms with Gasteiger partial charge in [-0.2, -0.15) is 0 Å². The lowest BCUT2D eigenvalue weighted by atomic mass is 10.1. The second-order valence-electron chi connectivity index (χ2n) is 8.12. The molecule has 0 radical (unpaired) electrons. The van der Waals surface area contributed by atoms with Gasteiger partial charge in [-0.15, -0.1) is 0 Å². The number of hydrogen-bond donors (Lipinski definition) is 4. The minimum atomic E-state index is -1.18. The van der Waals surface area contributed by atoms with E-state index in [-0.39, 0.29) is 5.91 Å². The van der Waals surface area contributed by atoms with E-state index < -0.39 is 30.4 Å². The number of carbonyl (C=O) groups excluding carboxylic acids is 3. The monoisotopic (exact) mass is 485 g/mol. The van der Waals surface area contributed by atoms with Crippen LogP contribution in [0.15, 0.2) is 73.1 Å². The molecule has 0 aliphatic carbocycles. The van der Waals surface area contributed by atoms with Crippen molar-refractivity contribution >= 4 is 23.3 Å². The number of carbonyl (C=O) groups is 3. The average molecular weight is 486 g/mol. The van der Waals surface area contributed by atoms with Gasteiger partial charge in [0.2, 0.25) is 5.91 Å². The molecule has 2 amide bonds. The third-order valence-electron chi connectivity index (χ3n) is 5.33. The van der Waals surface area contributed by atoms with Crippen LogP contribution in [0.3, 0.4) is 0 Å². The van der Waals surface area contributed by atoms with Crippen molar-refractivity contribution in [2.24, 2.45) is 0 Å². The van der Waals surface area contributed by atoms with Crippen LogP contribution in [0, 0.1) is 11.8 Å². The molecule has 2 aromatic carbocycles. The molecule has 1 aromatic heterocycles. The van der Waals surface area contributed by atoms with E-state index in [1.165, 1.54) is 6.92 Å². The van der Waals surface area contributed by atoms with Gasteiger partial charge in [0.15, 0.2) is 5.78 Å². The van der Waals surface area contributed by atoms with Gasteiger partial charge >= 0.3 is 0 Å². The molecule has 0 aliphatic heterocycles. The van der Waals surface area contributed by atoms with Crippen molar-refractivity contribution in [3.05, 3.63) is 95.3 Å². The Hall–Kier alpha value is -4.32. The zero-order chi connectivity index (χ0) is 25.9. The highest BCUT2D eigenvalue weighted by Gasteiger charge is 2.25. The van der Waals surface area contributed by atoms with E-state index in [1.54, 1.807) is 48.8 Å². The molecule has 36 heavy (non-hydrogen) atoms. The summed E-state index contributed by atoms with van der Waals surface area (Å²) in [6.45, 7) is 0.589. The van der Waals surface area contributed by atoms with E-state index in [1.807, 2.05) is 24.3 Å². The largest absolute Gasteiger partial charge is 0.391 e. The maximum atomic E-state index is 12.4. The Bertz CT molecular complexity index is 1240. The van der Waals surface area contributed by atoms with Crippen LogP contribution in [0.5, 0.6) is 0 Å². The highest BCUT2D eigenvalue weighted by atomic mass is 16.3. The van der Waals surface area contributed by atoms with Gasteiger partial charge in [-0.1, -0.05) is 11.8 Å². The van der Waals surface area contributed by atoms with Crippen LogP contribution in [-0.4, -0.2) is 51.5 Å². The summed E-state index contributed by atoms with van der Waals surface area (Å²) in [5.41, 5.74) is 3.47. The number of rotatable bonds is 9. The fourth-order valence-corrected chi connectivity index (χ4v) is 3.31. The molecule has 0 saturated carbocycles. The fourth-order valence-electron chi connectivity index (χ4n) is 3.31. The van der Waals surface area contributed by atoms with Crippen molar-refractivity contribution < 1.29 is 24.6 Å². The topological polar surface area (TPSA) is 129 Å². The minimum Gasteiger partial charge on any atom is -0.391 e. The van der Waals surface area contributed by atoms with Gasteiger partial charge in [0.25, 0.3) is 5.91 Å². The van der Waals surface area contributed by atoms with Crippen molar-refractivity contribution in [2.45, 2.75) is 31.9 Å². The number of pyridine rings is 1. The number of amides is 2. The van der Waals surface area contributed by atoms with Crippen molar-refractivity contribution in [1.29, 1.82) is 0 Å². The predicted octanol–water partition coefficient (Wildman–Crippen LogP) is 2.09. The molecule has 8 nitrogen and oxygen atoms in total. The molecular weight excluding hydrogens is 458 g/mol. The Morgan fingerprint density at radius 3 is 2.06 bits per heavy atom. The Balaban J connectivity index is 1.54. The second-order valence-corrected chi connectivity index (χ2v) is 8.12.